The molecule has 0 spiro atoms. The van der Waals surface area contributed by atoms with Crippen molar-refractivity contribution in [3.63, 3.8) is 0 Å². The molecule has 2 bridgehead atoms. The van der Waals surface area contributed by atoms with E-state index in [-0.39, 0.29) is 17.4 Å². The third-order valence-electron chi connectivity index (χ3n) is 5.06. The lowest BCUT2D eigenvalue weighted by molar-refractivity contribution is 0.226. The van der Waals surface area contributed by atoms with Crippen LogP contribution in [0.4, 0.5) is 10.2 Å². The highest BCUT2D eigenvalue weighted by molar-refractivity contribution is 5.76. The first kappa shape index (κ1) is 18.6. The fraction of sp³-hybridized carbons (Fsp3) is 0.143. The zero-order valence-corrected chi connectivity index (χ0v) is 16.6. The Morgan fingerprint density at radius 2 is 2.10 bits per heavy atom. The van der Waals surface area contributed by atoms with Crippen molar-refractivity contribution in [3.05, 3.63) is 59.8 Å². The molecule has 3 aromatic heterocycles. The maximum Gasteiger partial charge on any atom is 0.249 e. The van der Waals surface area contributed by atoms with E-state index in [1.165, 1.54) is 27.7 Å². The summed E-state index contributed by atoms with van der Waals surface area (Å²) in [5, 5.41) is 18.4. The predicted octanol–water partition coefficient (Wildman–Crippen LogP) is 3.51. The molecule has 0 saturated heterocycles. The number of benzene rings is 1. The van der Waals surface area contributed by atoms with E-state index in [2.05, 4.69) is 21.3 Å². The zero-order valence-electron chi connectivity index (χ0n) is 16.6. The summed E-state index contributed by atoms with van der Waals surface area (Å²) in [6.45, 7) is 1.77. The van der Waals surface area contributed by atoms with Crippen LogP contribution in [0.5, 0.6) is 17.5 Å². The van der Waals surface area contributed by atoms with Gasteiger partial charge in [0.1, 0.15) is 23.7 Å². The standard InChI is InChI=1S/C21H16FN7O2/c1-11-14-8-13(22)3-4-15(14)29-18(5-6-26-29)31-21-19(16(9-23)28(2)27-21)12-7-17(30-11)20(24)25-10-12/h3-8,10-11H,1-2H3,(H2,24,25). The van der Waals surface area contributed by atoms with Gasteiger partial charge in [0, 0.05) is 30.4 Å². The second-order valence-corrected chi connectivity index (χ2v) is 7.02. The second-order valence-electron chi connectivity index (χ2n) is 7.02. The smallest absolute Gasteiger partial charge is 0.249 e. The van der Waals surface area contributed by atoms with Gasteiger partial charge in [-0.25, -0.2) is 14.1 Å². The summed E-state index contributed by atoms with van der Waals surface area (Å²) in [4.78, 5) is 4.21. The van der Waals surface area contributed by atoms with Crippen LogP contribution >= 0.6 is 0 Å². The Balaban J connectivity index is 1.83. The van der Waals surface area contributed by atoms with Crippen molar-refractivity contribution in [2.75, 3.05) is 5.73 Å². The molecule has 4 aromatic rings. The van der Waals surface area contributed by atoms with Crippen LogP contribution in [0.2, 0.25) is 0 Å². The molecule has 2 N–H and O–H groups in total. The number of anilines is 1. The predicted molar refractivity (Wildman–Crippen MR) is 108 cm³/mol. The van der Waals surface area contributed by atoms with Crippen LogP contribution in [0.25, 0.3) is 16.8 Å². The highest BCUT2D eigenvalue weighted by atomic mass is 19.1. The number of hydrogen-bond acceptors (Lipinski definition) is 7. The number of halogens is 1. The number of aryl methyl sites for hydroxylation is 1. The number of hydrogen-bond donors (Lipinski definition) is 1. The Labute approximate surface area is 176 Å². The van der Waals surface area contributed by atoms with E-state index >= 15 is 0 Å². The van der Waals surface area contributed by atoms with E-state index in [4.69, 9.17) is 15.2 Å². The molecule has 154 valence electrons. The quantitative estimate of drug-likeness (QED) is 0.465. The number of nitriles is 1. The summed E-state index contributed by atoms with van der Waals surface area (Å²) >= 11 is 0. The topological polar surface area (TPSA) is 117 Å². The minimum atomic E-state index is -0.592. The molecule has 0 fully saturated rings. The molecule has 5 rings (SSSR count). The van der Waals surface area contributed by atoms with Gasteiger partial charge in [0.25, 0.3) is 0 Å². The van der Waals surface area contributed by atoms with E-state index in [9.17, 15) is 9.65 Å². The summed E-state index contributed by atoms with van der Waals surface area (Å²) < 4.78 is 29.2. The Hall–Kier alpha value is -4.39. The van der Waals surface area contributed by atoms with Crippen molar-refractivity contribution in [2.45, 2.75) is 13.0 Å². The number of pyridine rings is 1. The van der Waals surface area contributed by atoms with Crippen molar-refractivity contribution < 1.29 is 13.9 Å². The molecule has 9 nitrogen and oxygen atoms in total. The van der Waals surface area contributed by atoms with E-state index in [1.54, 1.807) is 38.4 Å². The minimum Gasteiger partial charge on any atom is -0.482 e. The van der Waals surface area contributed by atoms with Crippen LogP contribution in [-0.4, -0.2) is 24.5 Å². The van der Waals surface area contributed by atoms with Crippen LogP contribution in [0.15, 0.2) is 42.7 Å². The van der Waals surface area contributed by atoms with Gasteiger partial charge in [-0.3, -0.25) is 4.68 Å². The van der Waals surface area contributed by atoms with Gasteiger partial charge >= 0.3 is 0 Å². The van der Waals surface area contributed by atoms with Crippen LogP contribution in [0, 0.1) is 17.1 Å². The highest BCUT2D eigenvalue weighted by Gasteiger charge is 2.25. The summed E-state index contributed by atoms with van der Waals surface area (Å²) in [6.07, 6.45) is 2.49. The van der Waals surface area contributed by atoms with Gasteiger partial charge < -0.3 is 15.2 Å². The number of nitrogens with two attached hydrogens (primary N) is 1. The Kier molecular flexibility index (Phi) is 4.11. The third-order valence-corrected chi connectivity index (χ3v) is 5.06. The number of ether oxygens (including phenoxy) is 2. The van der Waals surface area contributed by atoms with Crippen molar-refractivity contribution in [1.29, 1.82) is 5.26 Å². The number of nitrogens with zero attached hydrogens (tertiary/aromatic N) is 6. The molecule has 1 atom stereocenters. The van der Waals surface area contributed by atoms with Gasteiger partial charge in [-0.1, -0.05) is 0 Å². The second kappa shape index (κ2) is 6.84. The molecule has 1 aliphatic rings. The molecule has 4 heterocycles. The van der Waals surface area contributed by atoms with Crippen molar-refractivity contribution in [2.24, 2.45) is 7.05 Å². The average Bonchev–Trinajstić information content (AvgIpc) is 3.32. The summed E-state index contributed by atoms with van der Waals surface area (Å²) in [7, 11) is 1.65. The molecule has 1 aromatic carbocycles. The van der Waals surface area contributed by atoms with Crippen LogP contribution in [-0.2, 0) is 7.05 Å². The van der Waals surface area contributed by atoms with E-state index < -0.39 is 11.9 Å². The molecule has 1 unspecified atom stereocenters. The summed E-state index contributed by atoms with van der Waals surface area (Å²) in [6, 6.07) is 9.77. The molecule has 0 saturated carbocycles. The maximum atomic E-state index is 14.1. The van der Waals surface area contributed by atoms with E-state index in [0.29, 0.717) is 34.0 Å². The van der Waals surface area contributed by atoms with Gasteiger partial charge in [-0.05, 0) is 31.2 Å². The lowest BCUT2D eigenvalue weighted by Crippen LogP contribution is -2.12. The average molecular weight is 417 g/mol. The molecule has 31 heavy (non-hydrogen) atoms. The maximum absolute atomic E-state index is 14.1. The molecule has 0 aliphatic carbocycles. The molecular formula is C21H16FN7O2. The first-order valence-electron chi connectivity index (χ1n) is 9.37. The van der Waals surface area contributed by atoms with Gasteiger partial charge in [0.15, 0.2) is 11.6 Å². The summed E-state index contributed by atoms with van der Waals surface area (Å²) in [5.74, 6) is 0.570. The molecular weight excluding hydrogens is 401 g/mol. The van der Waals surface area contributed by atoms with E-state index in [0.717, 1.165) is 0 Å². The first-order valence-corrected chi connectivity index (χ1v) is 9.37. The van der Waals surface area contributed by atoms with Gasteiger partial charge in [0.05, 0.1) is 17.4 Å². The van der Waals surface area contributed by atoms with Crippen molar-refractivity contribution in [3.8, 4) is 40.4 Å². The fourth-order valence-corrected chi connectivity index (χ4v) is 3.59. The lowest BCUT2D eigenvalue weighted by Gasteiger charge is -2.21. The van der Waals surface area contributed by atoms with E-state index in [1.807, 2.05) is 0 Å². The normalized spacial score (nSPS) is 14.6. The molecule has 0 radical (unpaired) electrons. The molecule has 0 amide bonds. The Bertz CT molecular complexity index is 1370. The number of rotatable bonds is 0. The van der Waals surface area contributed by atoms with Crippen LogP contribution in [0.1, 0.15) is 24.3 Å². The van der Waals surface area contributed by atoms with Gasteiger partial charge in [-0.15, -0.1) is 5.10 Å². The summed E-state index contributed by atoms with van der Waals surface area (Å²) in [5.41, 5.74) is 8.42. The Morgan fingerprint density at radius 3 is 2.90 bits per heavy atom. The first-order chi connectivity index (χ1) is 15.0. The van der Waals surface area contributed by atoms with Crippen molar-refractivity contribution in [1.82, 2.24) is 24.5 Å². The molecule has 10 heteroatoms. The third kappa shape index (κ3) is 2.95. The highest BCUT2D eigenvalue weighted by Crippen LogP contribution is 2.40. The lowest BCUT2D eigenvalue weighted by atomic mass is 10.1. The SMILES string of the molecule is CC1Oc2cc(cnc2N)-c2c(nn(C)c2C#N)Oc2ccnn2-c2ccc(F)cc21. The fourth-order valence-electron chi connectivity index (χ4n) is 3.59. The zero-order chi connectivity index (χ0) is 21.7. The van der Waals surface area contributed by atoms with Crippen molar-refractivity contribution >= 4 is 5.82 Å². The minimum absolute atomic E-state index is 0.162. The van der Waals surface area contributed by atoms with Gasteiger partial charge in [0.2, 0.25) is 11.8 Å². The van der Waals surface area contributed by atoms with Gasteiger partial charge in [-0.2, -0.15) is 10.4 Å². The van der Waals surface area contributed by atoms with Crippen LogP contribution in [0.3, 0.4) is 0 Å². The largest absolute Gasteiger partial charge is 0.482 e. The molecule has 1 aliphatic heterocycles. The number of nitrogen functional groups attached to an aromatic ring is 1. The Morgan fingerprint density at radius 1 is 1.26 bits per heavy atom. The van der Waals surface area contributed by atoms with Crippen LogP contribution < -0.4 is 15.2 Å². The number of aromatic nitrogens is 5. The number of fused-ring (bicyclic) bond motifs is 7. The monoisotopic (exact) mass is 417 g/mol.